The molecule has 240 valence electrons. The second-order valence-electron chi connectivity index (χ2n) is 10.9. The molecule has 1 aliphatic heterocycles. The Kier molecular flexibility index (Phi) is 9.20. The molecule has 2 N–H and O–H groups in total. The number of fused-ring (bicyclic) bond motifs is 1. The highest BCUT2D eigenvalue weighted by molar-refractivity contribution is 6.30. The van der Waals surface area contributed by atoms with Gasteiger partial charge in [-0.15, -0.1) is 11.6 Å². The Bertz CT molecular complexity index is 1760. The number of halogens is 5. The summed E-state index contributed by atoms with van der Waals surface area (Å²) in [4.78, 5) is 42.0. The summed E-state index contributed by atoms with van der Waals surface area (Å²) in [7, 11) is 0. The van der Waals surface area contributed by atoms with Crippen LogP contribution in [0.3, 0.4) is 0 Å². The molecule has 8 nitrogen and oxygen atoms in total. The first-order valence-corrected chi connectivity index (χ1v) is 14.9. The first-order valence-electron chi connectivity index (χ1n) is 14.5. The number of anilines is 1. The van der Waals surface area contributed by atoms with Crippen LogP contribution in [-0.2, 0) is 15.8 Å². The molecule has 3 aromatic carbocycles. The van der Waals surface area contributed by atoms with Crippen molar-refractivity contribution in [2.45, 2.75) is 50.3 Å². The molecule has 4 aromatic rings. The van der Waals surface area contributed by atoms with E-state index in [1.807, 2.05) is 6.07 Å². The van der Waals surface area contributed by atoms with Crippen molar-refractivity contribution < 1.29 is 31.9 Å². The number of hydrogen-bond acceptors (Lipinski definition) is 4. The van der Waals surface area contributed by atoms with Crippen LogP contribution < -0.4 is 15.5 Å². The molecule has 0 aliphatic carbocycles. The lowest BCUT2D eigenvalue weighted by molar-refractivity contribution is -0.137. The molecule has 0 fully saturated rings. The van der Waals surface area contributed by atoms with Gasteiger partial charge in [0.05, 0.1) is 23.0 Å². The fourth-order valence-electron chi connectivity index (χ4n) is 5.58. The van der Waals surface area contributed by atoms with Crippen LogP contribution in [0.2, 0.25) is 0 Å². The van der Waals surface area contributed by atoms with E-state index >= 15 is 0 Å². The second kappa shape index (κ2) is 13.0. The summed E-state index contributed by atoms with van der Waals surface area (Å²) in [5, 5.41) is 9.50. The van der Waals surface area contributed by atoms with Crippen LogP contribution in [0.15, 0.2) is 78.9 Å². The summed E-state index contributed by atoms with van der Waals surface area (Å²) in [5.74, 6) is -3.09. The summed E-state index contributed by atoms with van der Waals surface area (Å²) < 4.78 is 56.1. The zero-order valence-corrected chi connectivity index (χ0v) is 25.7. The third kappa shape index (κ3) is 6.34. The zero-order valence-electron chi connectivity index (χ0n) is 25.0. The summed E-state index contributed by atoms with van der Waals surface area (Å²) in [6.45, 7) is 5.07. The molecule has 0 spiro atoms. The average molecular weight is 656 g/mol. The number of nitrogens with zero attached hydrogens (tertiary/aromatic N) is 3. The molecule has 3 amide bonds. The SMILES string of the molecule is CCN1C(=O)[C@@H](NC(=O)c2cccc(C(F)(F)F)c2)[C@@H](c2ccc(F)cc2)c2c([C@@H](C)NC(=O)C(C)Cl)nn(-c3ccccc3)c21. The van der Waals surface area contributed by atoms with E-state index in [0.717, 1.165) is 12.1 Å². The van der Waals surface area contributed by atoms with Crippen LogP contribution in [0.5, 0.6) is 0 Å². The number of likely N-dealkylation sites (N-methyl/N-ethyl adjacent to an activating group) is 1. The molecule has 1 unspecified atom stereocenters. The Balaban J connectivity index is 1.73. The number of para-hydroxylation sites is 1. The lowest BCUT2D eigenvalue weighted by Crippen LogP contribution is -2.55. The van der Waals surface area contributed by atoms with Crippen molar-refractivity contribution in [3.05, 3.63) is 113 Å². The molecule has 46 heavy (non-hydrogen) atoms. The van der Waals surface area contributed by atoms with E-state index < -0.39 is 58.7 Å². The van der Waals surface area contributed by atoms with Crippen molar-refractivity contribution in [1.29, 1.82) is 0 Å². The van der Waals surface area contributed by atoms with Gasteiger partial charge in [-0.05, 0) is 68.8 Å². The summed E-state index contributed by atoms with van der Waals surface area (Å²) in [5.41, 5.74) is 0.520. The maximum absolute atomic E-state index is 14.3. The standard InChI is InChI=1S/C33H30ClF4N5O3/c1-4-42-31-26(27(19(3)39-29(44)18(2)34)41-43(31)24-11-6-5-7-12-24)25(20-13-15-23(35)16-14-20)28(32(42)46)40-30(45)21-9-8-10-22(17-21)33(36,37)38/h5-19,25,28H,4H2,1-3H3,(H,39,44)(H,40,45)/t18?,19-,25+,28+/m1/s1. The van der Waals surface area contributed by atoms with Gasteiger partial charge in [0.15, 0.2) is 0 Å². The summed E-state index contributed by atoms with van der Waals surface area (Å²) >= 11 is 6.04. The van der Waals surface area contributed by atoms with Crippen LogP contribution in [0, 0.1) is 5.82 Å². The molecule has 0 saturated carbocycles. The van der Waals surface area contributed by atoms with Crippen LogP contribution >= 0.6 is 11.6 Å². The van der Waals surface area contributed by atoms with Crippen LogP contribution in [0.25, 0.3) is 5.69 Å². The van der Waals surface area contributed by atoms with Gasteiger partial charge in [-0.25, -0.2) is 9.07 Å². The number of nitrogens with one attached hydrogen (secondary N) is 2. The van der Waals surface area contributed by atoms with Gasteiger partial charge in [0.2, 0.25) is 5.91 Å². The van der Waals surface area contributed by atoms with Gasteiger partial charge in [0.25, 0.3) is 11.8 Å². The number of benzene rings is 3. The van der Waals surface area contributed by atoms with Gasteiger partial charge in [-0.3, -0.25) is 19.3 Å². The van der Waals surface area contributed by atoms with Gasteiger partial charge >= 0.3 is 6.18 Å². The number of hydrogen-bond donors (Lipinski definition) is 2. The van der Waals surface area contributed by atoms with Crippen LogP contribution in [0.4, 0.5) is 23.4 Å². The van der Waals surface area contributed by atoms with Crippen molar-refractivity contribution in [2.75, 3.05) is 11.4 Å². The first-order chi connectivity index (χ1) is 21.8. The number of carbonyl (C=O) groups is 3. The highest BCUT2D eigenvalue weighted by Crippen LogP contribution is 2.45. The van der Waals surface area contributed by atoms with E-state index in [2.05, 4.69) is 10.6 Å². The van der Waals surface area contributed by atoms with Gasteiger partial charge in [-0.1, -0.05) is 36.4 Å². The topological polar surface area (TPSA) is 96.3 Å². The van der Waals surface area contributed by atoms with Crippen LogP contribution in [-0.4, -0.2) is 45.5 Å². The largest absolute Gasteiger partial charge is 0.416 e. The van der Waals surface area contributed by atoms with Gasteiger partial charge in [0, 0.05) is 23.6 Å². The Hall–Kier alpha value is -4.71. The summed E-state index contributed by atoms with van der Waals surface area (Å²) in [6, 6.07) is 16.1. The monoisotopic (exact) mass is 655 g/mol. The highest BCUT2D eigenvalue weighted by Gasteiger charge is 2.47. The van der Waals surface area contributed by atoms with E-state index in [0.29, 0.717) is 34.4 Å². The number of carbonyl (C=O) groups excluding carboxylic acids is 3. The van der Waals surface area contributed by atoms with E-state index in [1.54, 1.807) is 42.8 Å². The Morgan fingerprint density at radius 3 is 2.28 bits per heavy atom. The minimum Gasteiger partial charge on any atom is -0.347 e. The van der Waals surface area contributed by atoms with E-state index in [1.165, 1.54) is 42.2 Å². The number of aromatic nitrogens is 2. The Labute approximate surface area is 267 Å². The molecular formula is C33H30ClF4N5O3. The Morgan fingerprint density at radius 1 is 1.00 bits per heavy atom. The quantitative estimate of drug-likeness (QED) is 0.176. The van der Waals surface area contributed by atoms with Crippen molar-refractivity contribution >= 4 is 35.1 Å². The zero-order chi connectivity index (χ0) is 33.3. The lowest BCUT2D eigenvalue weighted by Gasteiger charge is -2.39. The minimum absolute atomic E-state index is 0.134. The number of alkyl halides is 4. The van der Waals surface area contributed by atoms with Crippen molar-refractivity contribution in [3.8, 4) is 5.69 Å². The third-order valence-corrected chi connectivity index (χ3v) is 7.97. The lowest BCUT2D eigenvalue weighted by atomic mass is 9.80. The van der Waals surface area contributed by atoms with Gasteiger partial charge in [-0.2, -0.15) is 18.3 Å². The first kappa shape index (κ1) is 32.7. The maximum Gasteiger partial charge on any atom is 0.416 e. The fourth-order valence-corrected chi connectivity index (χ4v) is 5.65. The molecule has 0 bridgehead atoms. The minimum atomic E-state index is -4.69. The molecule has 0 radical (unpaired) electrons. The Morgan fingerprint density at radius 2 is 1.67 bits per heavy atom. The third-order valence-electron chi connectivity index (χ3n) is 7.77. The van der Waals surface area contributed by atoms with Gasteiger partial charge < -0.3 is 10.6 Å². The molecule has 0 saturated heterocycles. The number of amides is 3. The van der Waals surface area contributed by atoms with Crippen molar-refractivity contribution in [3.63, 3.8) is 0 Å². The van der Waals surface area contributed by atoms with Crippen LogP contribution in [0.1, 0.15) is 65.5 Å². The molecular weight excluding hydrogens is 626 g/mol. The van der Waals surface area contributed by atoms with Crippen molar-refractivity contribution in [1.82, 2.24) is 20.4 Å². The predicted molar refractivity (Wildman–Crippen MR) is 164 cm³/mol. The van der Waals surface area contributed by atoms with Gasteiger partial charge in [0.1, 0.15) is 23.1 Å². The molecule has 13 heteroatoms. The maximum atomic E-state index is 14.3. The molecule has 4 atom stereocenters. The van der Waals surface area contributed by atoms with E-state index in [-0.39, 0.29) is 12.1 Å². The fraction of sp³-hybridized carbons (Fsp3) is 0.273. The number of rotatable bonds is 8. The average Bonchev–Trinajstić information content (AvgIpc) is 3.42. The van der Waals surface area contributed by atoms with E-state index in [4.69, 9.17) is 16.7 Å². The smallest absolute Gasteiger partial charge is 0.347 e. The molecule has 5 rings (SSSR count). The molecule has 1 aliphatic rings. The second-order valence-corrected chi connectivity index (χ2v) is 11.5. The molecule has 2 heterocycles. The highest BCUT2D eigenvalue weighted by atomic mass is 35.5. The van der Waals surface area contributed by atoms with E-state index in [9.17, 15) is 31.9 Å². The summed E-state index contributed by atoms with van der Waals surface area (Å²) in [6.07, 6.45) is -4.69. The van der Waals surface area contributed by atoms with Crippen molar-refractivity contribution in [2.24, 2.45) is 0 Å². The normalized spacial score (nSPS) is 17.7. The molecule has 1 aromatic heterocycles. The predicted octanol–water partition coefficient (Wildman–Crippen LogP) is 6.13.